The first kappa shape index (κ1) is 15.3. The standard InChI is InChI=1S/C15H23N3OS/c1-3-4-5-14(12-18-8-10-20-11-9-18)19-15-6-7-16-13(2)17-15/h3,6-7,14H,1,4-5,8-12H2,2H3/t14-/m0/s1. The Hall–Kier alpha value is -1.07. The second-order valence-electron chi connectivity index (χ2n) is 4.96. The summed E-state index contributed by atoms with van der Waals surface area (Å²) in [5.41, 5.74) is 0. The summed E-state index contributed by atoms with van der Waals surface area (Å²) in [6.07, 6.45) is 5.83. The lowest BCUT2D eigenvalue weighted by Crippen LogP contribution is -2.40. The average molecular weight is 293 g/mol. The number of ether oxygens (including phenoxy) is 1. The molecule has 1 aromatic heterocycles. The first-order valence-corrected chi connectivity index (χ1v) is 8.30. The second kappa shape index (κ2) is 8.27. The van der Waals surface area contributed by atoms with E-state index in [1.54, 1.807) is 6.20 Å². The summed E-state index contributed by atoms with van der Waals surface area (Å²) in [6, 6.07) is 1.83. The molecule has 0 N–H and O–H groups in total. The first-order valence-electron chi connectivity index (χ1n) is 7.15. The quantitative estimate of drug-likeness (QED) is 0.722. The van der Waals surface area contributed by atoms with Crippen LogP contribution in [-0.2, 0) is 0 Å². The van der Waals surface area contributed by atoms with Crippen molar-refractivity contribution in [3.63, 3.8) is 0 Å². The summed E-state index contributed by atoms with van der Waals surface area (Å²) in [4.78, 5) is 10.9. The van der Waals surface area contributed by atoms with Gasteiger partial charge in [0.1, 0.15) is 11.9 Å². The fourth-order valence-corrected chi connectivity index (χ4v) is 3.21. The van der Waals surface area contributed by atoms with E-state index in [9.17, 15) is 0 Å². The molecule has 1 aromatic rings. The van der Waals surface area contributed by atoms with E-state index in [0.29, 0.717) is 5.88 Å². The summed E-state index contributed by atoms with van der Waals surface area (Å²) < 4.78 is 6.05. The molecule has 0 amide bonds. The van der Waals surface area contributed by atoms with Crippen LogP contribution in [0.2, 0.25) is 0 Å². The third kappa shape index (κ3) is 5.13. The molecule has 1 atom stereocenters. The summed E-state index contributed by atoms with van der Waals surface area (Å²) >= 11 is 2.03. The molecule has 2 rings (SSSR count). The van der Waals surface area contributed by atoms with E-state index in [-0.39, 0.29) is 6.10 Å². The van der Waals surface area contributed by atoms with Crippen molar-refractivity contribution in [1.29, 1.82) is 0 Å². The molecule has 0 radical (unpaired) electrons. The minimum Gasteiger partial charge on any atom is -0.473 e. The van der Waals surface area contributed by atoms with Crippen molar-refractivity contribution in [2.45, 2.75) is 25.9 Å². The molecule has 0 saturated carbocycles. The van der Waals surface area contributed by atoms with Gasteiger partial charge in [-0.15, -0.1) is 6.58 Å². The van der Waals surface area contributed by atoms with Crippen LogP contribution in [0.3, 0.4) is 0 Å². The van der Waals surface area contributed by atoms with Gasteiger partial charge in [-0.25, -0.2) is 4.98 Å². The molecule has 0 bridgehead atoms. The number of hydrogen-bond donors (Lipinski definition) is 0. The molecule has 0 aliphatic carbocycles. The molecule has 1 saturated heterocycles. The highest BCUT2D eigenvalue weighted by molar-refractivity contribution is 7.99. The molecule has 20 heavy (non-hydrogen) atoms. The highest BCUT2D eigenvalue weighted by Crippen LogP contribution is 2.15. The Labute approximate surface area is 125 Å². The van der Waals surface area contributed by atoms with Crippen molar-refractivity contribution in [2.24, 2.45) is 0 Å². The van der Waals surface area contributed by atoms with Crippen LogP contribution in [0.4, 0.5) is 0 Å². The van der Waals surface area contributed by atoms with Crippen LogP contribution in [0.15, 0.2) is 24.9 Å². The number of allylic oxidation sites excluding steroid dienone is 1. The van der Waals surface area contributed by atoms with E-state index in [1.165, 1.54) is 11.5 Å². The van der Waals surface area contributed by atoms with E-state index in [4.69, 9.17) is 4.74 Å². The van der Waals surface area contributed by atoms with Crippen molar-refractivity contribution in [1.82, 2.24) is 14.9 Å². The Morgan fingerprint density at radius 1 is 1.50 bits per heavy atom. The zero-order chi connectivity index (χ0) is 14.2. The highest BCUT2D eigenvalue weighted by Gasteiger charge is 2.18. The van der Waals surface area contributed by atoms with E-state index >= 15 is 0 Å². The molecule has 1 aliphatic rings. The molecule has 1 aliphatic heterocycles. The maximum atomic E-state index is 6.05. The smallest absolute Gasteiger partial charge is 0.216 e. The largest absolute Gasteiger partial charge is 0.473 e. The van der Waals surface area contributed by atoms with Gasteiger partial charge in [0.2, 0.25) is 5.88 Å². The lowest BCUT2D eigenvalue weighted by molar-refractivity contribution is 0.127. The minimum atomic E-state index is 0.172. The van der Waals surface area contributed by atoms with Crippen molar-refractivity contribution >= 4 is 11.8 Å². The van der Waals surface area contributed by atoms with Crippen LogP contribution in [0.25, 0.3) is 0 Å². The Kier molecular flexibility index (Phi) is 6.33. The summed E-state index contributed by atoms with van der Waals surface area (Å²) in [6.45, 7) is 8.96. The van der Waals surface area contributed by atoms with E-state index in [0.717, 1.165) is 38.3 Å². The fourth-order valence-electron chi connectivity index (χ4n) is 2.23. The van der Waals surface area contributed by atoms with Gasteiger partial charge in [0.15, 0.2) is 0 Å². The van der Waals surface area contributed by atoms with E-state index in [2.05, 4.69) is 21.4 Å². The number of rotatable bonds is 7. The maximum absolute atomic E-state index is 6.05. The minimum absolute atomic E-state index is 0.172. The number of hydrogen-bond acceptors (Lipinski definition) is 5. The number of nitrogens with zero attached hydrogens (tertiary/aromatic N) is 3. The van der Waals surface area contributed by atoms with Crippen molar-refractivity contribution in [2.75, 3.05) is 31.1 Å². The molecule has 4 nitrogen and oxygen atoms in total. The topological polar surface area (TPSA) is 38.2 Å². The fraction of sp³-hybridized carbons (Fsp3) is 0.600. The van der Waals surface area contributed by atoms with Crippen LogP contribution in [0.1, 0.15) is 18.7 Å². The number of thioether (sulfide) groups is 1. The molecule has 0 spiro atoms. The third-order valence-corrected chi connectivity index (χ3v) is 4.24. The summed E-state index contributed by atoms with van der Waals surface area (Å²) in [7, 11) is 0. The van der Waals surface area contributed by atoms with Gasteiger partial charge in [-0.1, -0.05) is 6.08 Å². The zero-order valence-corrected chi connectivity index (χ0v) is 12.9. The lowest BCUT2D eigenvalue weighted by atomic mass is 10.2. The summed E-state index contributed by atoms with van der Waals surface area (Å²) in [5, 5.41) is 0. The van der Waals surface area contributed by atoms with Gasteiger partial charge >= 0.3 is 0 Å². The second-order valence-corrected chi connectivity index (χ2v) is 6.19. The van der Waals surface area contributed by atoms with Gasteiger partial charge in [-0.3, -0.25) is 4.90 Å². The number of aryl methyl sites for hydroxylation is 1. The average Bonchev–Trinajstić information content (AvgIpc) is 2.46. The third-order valence-electron chi connectivity index (χ3n) is 3.30. The summed E-state index contributed by atoms with van der Waals surface area (Å²) in [5.74, 6) is 3.87. The normalized spacial score (nSPS) is 17.6. The number of aromatic nitrogens is 2. The van der Waals surface area contributed by atoms with Crippen molar-refractivity contribution < 1.29 is 4.74 Å². The van der Waals surface area contributed by atoms with Gasteiger partial charge in [-0.05, 0) is 19.8 Å². The van der Waals surface area contributed by atoms with E-state index in [1.807, 2.05) is 30.8 Å². The lowest BCUT2D eigenvalue weighted by Gasteiger charge is -2.30. The van der Waals surface area contributed by atoms with Crippen LogP contribution < -0.4 is 4.74 Å². The molecular weight excluding hydrogens is 270 g/mol. The van der Waals surface area contributed by atoms with Crippen LogP contribution >= 0.6 is 11.8 Å². The van der Waals surface area contributed by atoms with E-state index < -0.39 is 0 Å². The van der Waals surface area contributed by atoms with Gasteiger partial charge in [0.25, 0.3) is 0 Å². The molecule has 1 fully saturated rings. The molecule has 2 heterocycles. The zero-order valence-electron chi connectivity index (χ0n) is 12.1. The predicted octanol–water partition coefficient (Wildman–Crippen LogP) is 2.55. The van der Waals surface area contributed by atoms with Crippen LogP contribution in [0, 0.1) is 6.92 Å². The van der Waals surface area contributed by atoms with Crippen molar-refractivity contribution in [3.05, 3.63) is 30.7 Å². The Bertz CT molecular complexity index is 421. The monoisotopic (exact) mass is 293 g/mol. The molecule has 110 valence electrons. The maximum Gasteiger partial charge on any atom is 0.216 e. The first-order chi connectivity index (χ1) is 9.78. The van der Waals surface area contributed by atoms with Gasteiger partial charge in [-0.2, -0.15) is 16.7 Å². The van der Waals surface area contributed by atoms with Crippen LogP contribution in [0.5, 0.6) is 5.88 Å². The van der Waals surface area contributed by atoms with Gasteiger partial charge < -0.3 is 4.74 Å². The Balaban J connectivity index is 1.93. The predicted molar refractivity (Wildman–Crippen MR) is 84.4 cm³/mol. The highest BCUT2D eigenvalue weighted by atomic mass is 32.2. The Morgan fingerprint density at radius 2 is 2.30 bits per heavy atom. The molecule has 0 unspecified atom stereocenters. The molecule has 5 heteroatoms. The van der Waals surface area contributed by atoms with Gasteiger partial charge in [0, 0.05) is 43.4 Å². The SMILES string of the molecule is C=CCC[C@@H](CN1CCSCC1)Oc1ccnc(C)n1. The van der Waals surface area contributed by atoms with Gasteiger partial charge in [0.05, 0.1) is 0 Å². The molecule has 0 aromatic carbocycles. The Morgan fingerprint density at radius 3 is 3.00 bits per heavy atom. The molecular formula is C15H23N3OS. The van der Waals surface area contributed by atoms with Crippen molar-refractivity contribution in [3.8, 4) is 5.88 Å². The van der Waals surface area contributed by atoms with Crippen LogP contribution in [-0.4, -0.2) is 52.1 Å².